The van der Waals surface area contributed by atoms with E-state index in [1.165, 1.54) is 0 Å². The maximum absolute atomic E-state index is 14.0. The van der Waals surface area contributed by atoms with Crippen LogP contribution in [0.4, 0.5) is 4.39 Å². The number of halogens is 1. The minimum absolute atomic E-state index is 0.189. The first-order chi connectivity index (χ1) is 8.61. The zero-order chi connectivity index (χ0) is 13.1. The van der Waals surface area contributed by atoms with E-state index in [0.717, 1.165) is 10.7 Å². The van der Waals surface area contributed by atoms with Crippen molar-refractivity contribution in [3.8, 4) is 0 Å². The highest BCUT2D eigenvalue weighted by Gasteiger charge is 2.09. The van der Waals surface area contributed by atoms with Crippen LogP contribution in [0.2, 0.25) is 0 Å². The van der Waals surface area contributed by atoms with Gasteiger partial charge in [0.2, 0.25) is 0 Å². The molecule has 0 spiro atoms. The number of nitrogens with zero attached hydrogens (tertiary/aromatic N) is 2. The van der Waals surface area contributed by atoms with Crippen LogP contribution >= 0.6 is 11.8 Å². The van der Waals surface area contributed by atoms with Crippen molar-refractivity contribution >= 4 is 11.8 Å². The Morgan fingerprint density at radius 2 is 2.11 bits per heavy atom. The average molecular weight is 265 g/mol. The van der Waals surface area contributed by atoms with Crippen LogP contribution in [0.1, 0.15) is 16.8 Å². The van der Waals surface area contributed by atoms with E-state index in [-0.39, 0.29) is 12.4 Å². The van der Waals surface area contributed by atoms with Crippen LogP contribution < -0.4 is 5.73 Å². The van der Waals surface area contributed by atoms with E-state index in [0.29, 0.717) is 16.9 Å². The lowest BCUT2D eigenvalue weighted by Gasteiger charge is -2.06. The summed E-state index contributed by atoms with van der Waals surface area (Å²) in [6.45, 7) is 2.18. The lowest BCUT2D eigenvalue weighted by Crippen LogP contribution is -2.02. The van der Waals surface area contributed by atoms with Gasteiger partial charge in [0.25, 0.3) is 0 Å². The number of hydrogen-bond donors (Lipinski definition) is 1. The van der Waals surface area contributed by atoms with Gasteiger partial charge in [0.1, 0.15) is 5.82 Å². The monoisotopic (exact) mass is 265 g/mol. The number of hydrogen-bond acceptors (Lipinski definition) is 3. The van der Waals surface area contributed by atoms with E-state index in [1.807, 2.05) is 30.8 Å². The van der Waals surface area contributed by atoms with Gasteiger partial charge in [0.05, 0.1) is 10.7 Å². The predicted molar refractivity (Wildman–Crippen MR) is 71.8 cm³/mol. The van der Waals surface area contributed by atoms with Crippen molar-refractivity contribution in [1.82, 2.24) is 9.78 Å². The Kier molecular flexibility index (Phi) is 4.04. The van der Waals surface area contributed by atoms with Crippen molar-refractivity contribution in [1.29, 1.82) is 0 Å². The second kappa shape index (κ2) is 5.54. The summed E-state index contributed by atoms with van der Waals surface area (Å²) in [5.41, 5.74) is 7.71. The molecular weight excluding hydrogens is 249 g/mol. The zero-order valence-electron chi connectivity index (χ0n) is 10.5. The molecule has 1 heterocycles. The van der Waals surface area contributed by atoms with Crippen LogP contribution in [0, 0.1) is 12.7 Å². The molecule has 2 aromatic rings. The summed E-state index contributed by atoms with van der Waals surface area (Å²) >= 11 is 1.57. The number of benzene rings is 1. The quantitative estimate of drug-likeness (QED) is 0.864. The smallest absolute Gasteiger partial charge is 0.131 e. The van der Waals surface area contributed by atoms with E-state index in [1.54, 1.807) is 23.9 Å². The van der Waals surface area contributed by atoms with Crippen molar-refractivity contribution in [3.63, 3.8) is 0 Å². The maximum Gasteiger partial charge on any atom is 0.131 e. The van der Waals surface area contributed by atoms with Gasteiger partial charge in [-0.25, -0.2) is 4.39 Å². The Labute approximate surface area is 110 Å². The van der Waals surface area contributed by atoms with Crippen molar-refractivity contribution < 1.29 is 4.39 Å². The summed E-state index contributed by atoms with van der Waals surface area (Å²) in [4.78, 5) is 0. The molecule has 0 radical (unpaired) electrons. The third kappa shape index (κ3) is 2.73. The molecule has 5 heteroatoms. The minimum atomic E-state index is -0.189. The normalized spacial score (nSPS) is 10.9. The Hall–Kier alpha value is -1.33. The van der Waals surface area contributed by atoms with Crippen molar-refractivity contribution in [2.45, 2.75) is 24.2 Å². The highest BCUT2D eigenvalue weighted by atomic mass is 32.2. The fraction of sp³-hybridized carbons (Fsp3) is 0.308. The number of thioether (sulfide) groups is 1. The first-order valence-electron chi connectivity index (χ1n) is 5.71. The highest BCUT2D eigenvalue weighted by Crippen LogP contribution is 2.25. The molecule has 18 heavy (non-hydrogen) atoms. The Bertz CT molecular complexity index is 551. The van der Waals surface area contributed by atoms with Gasteiger partial charge >= 0.3 is 0 Å². The number of rotatable bonds is 4. The van der Waals surface area contributed by atoms with Crippen molar-refractivity contribution in [2.24, 2.45) is 12.8 Å². The fourth-order valence-corrected chi connectivity index (χ4v) is 2.78. The fourth-order valence-electron chi connectivity index (χ4n) is 1.78. The molecule has 96 valence electrons. The minimum Gasteiger partial charge on any atom is -0.326 e. The van der Waals surface area contributed by atoms with Gasteiger partial charge in [-0.15, -0.1) is 11.8 Å². The molecule has 0 bridgehead atoms. The summed E-state index contributed by atoms with van der Waals surface area (Å²) in [5, 5.41) is 5.29. The third-order valence-electron chi connectivity index (χ3n) is 2.71. The topological polar surface area (TPSA) is 43.8 Å². The maximum atomic E-state index is 14.0. The van der Waals surface area contributed by atoms with E-state index >= 15 is 0 Å². The van der Waals surface area contributed by atoms with Gasteiger partial charge in [0.15, 0.2) is 0 Å². The summed E-state index contributed by atoms with van der Waals surface area (Å²) in [7, 11) is 1.89. The molecule has 0 saturated carbocycles. The molecule has 0 saturated heterocycles. The van der Waals surface area contributed by atoms with E-state index in [2.05, 4.69) is 5.10 Å². The largest absolute Gasteiger partial charge is 0.326 e. The molecule has 2 N–H and O–H groups in total. The molecule has 0 aliphatic rings. The van der Waals surface area contributed by atoms with Crippen LogP contribution in [-0.4, -0.2) is 9.78 Å². The third-order valence-corrected chi connectivity index (χ3v) is 3.85. The van der Waals surface area contributed by atoms with Gasteiger partial charge in [-0.1, -0.05) is 18.2 Å². The first kappa shape index (κ1) is 13.1. The molecular formula is C13H16FN3S. The summed E-state index contributed by atoms with van der Waals surface area (Å²) in [6, 6.07) is 7.35. The zero-order valence-corrected chi connectivity index (χ0v) is 11.3. The summed E-state index contributed by atoms with van der Waals surface area (Å²) in [6.07, 6.45) is 0. The number of aryl methyl sites for hydroxylation is 2. The molecule has 0 aliphatic heterocycles. The van der Waals surface area contributed by atoms with Gasteiger partial charge in [-0.2, -0.15) is 5.10 Å². The molecule has 3 nitrogen and oxygen atoms in total. The molecule has 0 amide bonds. The van der Waals surface area contributed by atoms with Gasteiger partial charge in [-0.05, 0) is 18.6 Å². The van der Waals surface area contributed by atoms with Crippen molar-refractivity contribution in [3.05, 3.63) is 46.9 Å². The molecule has 0 fully saturated rings. The van der Waals surface area contributed by atoms with Gasteiger partial charge < -0.3 is 5.73 Å². The summed E-state index contributed by atoms with van der Waals surface area (Å²) < 4.78 is 15.8. The van der Waals surface area contributed by atoms with Crippen LogP contribution in [0.15, 0.2) is 29.3 Å². The Morgan fingerprint density at radius 1 is 1.39 bits per heavy atom. The van der Waals surface area contributed by atoms with Crippen molar-refractivity contribution in [2.75, 3.05) is 0 Å². The highest BCUT2D eigenvalue weighted by molar-refractivity contribution is 7.98. The average Bonchev–Trinajstić information content (AvgIpc) is 2.66. The van der Waals surface area contributed by atoms with Gasteiger partial charge in [-0.3, -0.25) is 4.68 Å². The van der Waals surface area contributed by atoms with E-state index in [9.17, 15) is 4.39 Å². The Morgan fingerprint density at radius 3 is 2.72 bits per heavy atom. The summed E-state index contributed by atoms with van der Waals surface area (Å²) in [5.74, 6) is 0.393. The van der Waals surface area contributed by atoms with Gasteiger partial charge in [0, 0.05) is 24.9 Å². The number of nitrogens with two attached hydrogens (primary N) is 1. The lowest BCUT2D eigenvalue weighted by atomic mass is 10.1. The van der Waals surface area contributed by atoms with Crippen LogP contribution in [-0.2, 0) is 19.3 Å². The Balaban J connectivity index is 2.13. The molecule has 0 aliphatic carbocycles. The standard InChI is InChI=1S/C13H16FN3S/c1-9-6-12(17(2)16-9)18-8-11-5-3-4-10(7-15)13(11)14/h3-6H,7-8,15H2,1-2H3. The second-order valence-corrected chi connectivity index (χ2v) is 5.13. The molecule has 1 aromatic carbocycles. The molecule has 1 aromatic heterocycles. The molecule has 0 atom stereocenters. The van der Waals surface area contributed by atoms with Crippen LogP contribution in [0.3, 0.4) is 0 Å². The van der Waals surface area contributed by atoms with E-state index < -0.39 is 0 Å². The SMILES string of the molecule is Cc1cc(SCc2cccc(CN)c2F)n(C)n1. The first-order valence-corrected chi connectivity index (χ1v) is 6.70. The number of aromatic nitrogens is 2. The van der Waals surface area contributed by atoms with Crippen LogP contribution in [0.25, 0.3) is 0 Å². The van der Waals surface area contributed by atoms with E-state index in [4.69, 9.17) is 5.73 Å². The predicted octanol–water partition coefficient (Wildman–Crippen LogP) is 2.62. The molecule has 2 rings (SSSR count). The lowest BCUT2D eigenvalue weighted by molar-refractivity contribution is 0.600. The van der Waals surface area contributed by atoms with Crippen LogP contribution in [0.5, 0.6) is 0 Å². The second-order valence-electron chi connectivity index (χ2n) is 4.13. The molecule has 0 unspecified atom stereocenters.